The molecular formula is C22H24N4O3S. The Morgan fingerprint density at radius 3 is 2.23 bits per heavy atom. The summed E-state index contributed by atoms with van der Waals surface area (Å²) in [5.41, 5.74) is 3.55. The zero-order valence-electron chi connectivity index (χ0n) is 17.1. The number of carbonyl (C=O) groups is 1. The van der Waals surface area contributed by atoms with Crippen LogP contribution in [0.4, 0.5) is 5.69 Å². The second-order valence-corrected chi connectivity index (χ2v) is 7.62. The lowest BCUT2D eigenvalue weighted by atomic mass is 10.1. The molecule has 3 aromatic rings. The maximum atomic E-state index is 12.9. The van der Waals surface area contributed by atoms with E-state index < -0.39 is 0 Å². The van der Waals surface area contributed by atoms with Gasteiger partial charge in [0.1, 0.15) is 23.8 Å². The summed E-state index contributed by atoms with van der Waals surface area (Å²) in [7, 11) is 1.66. The summed E-state index contributed by atoms with van der Waals surface area (Å²) >= 11 is 1.18. The summed E-state index contributed by atoms with van der Waals surface area (Å²) < 4.78 is 19.3. The Bertz CT molecular complexity index is 980. The highest BCUT2D eigenvalue weighted by Crippen LogP contribution is 2.22. The lowest BCUT2D eigenvalue weighted by Gasteiger charge is -2.36. The van der Waals surface area contributed by atoms with E-state index in [1.54, 1.807) is 7.11 Å². The smallest absolute Gasteiger partial charge is 0.253 e. The Labute approximate surface area is 180 Å². The van der Waals surface area contributed by atoms with Crippen molar-refractivity contribution in [2.75, 3.05) is 38.2 Å². The zero-order valence-corrected chi connectivity index (χ0v) is 17.9. The fourth-order valence-electron chi connectivity index (χ4n) is 3.37. The molecule has 0 atom stereocenters. The van der Waals surface area contributed by atoms with Crippen molar-refractivity contribution in [1.29, 1.82) is 0 Å². The summed E-state index contributed by atoms with van der Waals surface area (Å²) in [6.07, 6.45) is 0. The van der Waals surface area contributed by atoms with Gasteiger partial charge >= 0.3 is 0 Å². The van der Waals surface area contributed by atoms with Gasteiger partial charge in [-0.15, -0.1) is 0 Å². The lowest BCUT2D eigenvalue weighted by molar-refractivity contribution is 0.0746. The standard InChI is InChI=1S/C22H24N4O3S/c1-16-21(24-30-23-16)15-29-20-7-3-17(4-8-20)22(27)26-13-11-25(12-14-26)18-5-9-19(28-2)10-6-18/h3-10H,11-15H2,1-2H3. The molecule has 8 heteroatoms. The number of aromatic nitrogens is 2. The monoisotopic (exact) mass is 424 g/mol. The molecule has 2 heterocycles. The van der Waals surface area contributed by atoms with E-state index in [2.05, 4.69) is 25.8 Å². The van der Waals surface area contributed by atoms with Crippen LogP contribution < -0.4 is 14.4 Å². The predicted octanol–water partition coefficient (Wildman–Crippen LogP) is 3.40. The summed E-state index contributed by atoms with van der Waals surface area (Å²) in [6.45, 7) is 5.29. The third-order valence-electron chi connectivity index (χ3n) is 5.23. The Balaban J connectivity index is 1.30. The van der Waals surface area contributed by atoms with E-state index in [9.17, 15) is 4.79 Å². The number of aryl methyl sites for hydroxylation is 1. The van der Waals surface area contributed by atoms with Crippen molar-refractivity contribution < 1.29 is 14.3 Å². The molecule has 1 aromatic heterocycles. The number of hydrogen-bond acceptors (Lipinski definition) is 7. The van der Waals surface area contributed by atoms with Gasteiger partial charge in [-0.3, -0.25) is 4.79 Å². The van der Waals surface area contributed by atoms with Crippen molar-refractivity contribution in [3.63, 3.8) is 0 Å². The number of amides is 1. The van der Waals surface area contributed by atoms with Crippen molar-refractivity contribution in [1.82, 2.24) is 13.6 Å². The zero-order chi connectivity index (χ0) is 20.9. The lowest BCUT2D eigenvalue weighted by Crippen LogP contribution is -2.48. The second kappa shape index (κ2) is 9.13. The molecule has 0 N–H and O–H groups in total. The van der Waals surface area contributed by atoms with Crippen LogP contribution >= 0.6 is 11.7 Å². The molecular weight excluding hydrogens is 400 g/mol. The van der Waals surface area contributed by atoms with E-state index in [0.717, 1.165) is 35.9 Å². The van der Waals surface area contributed by atoms with E-state index in [0.29, 0.717) is 31.0 Å². The van der Waals surface area contributed by atoms with E-state index >= 15 is 0 Å². The molecule has 1 fully saturated rings. The van der Waals surface area contributed by atoms with Crippen LogP contribution in [0.3, 0.4) is 0 Å². The van der Waals surface area contributed by atoms with Crippen LogP contribution in [0, 0.1) is 6.92 Å². The van der Waals surface area contributed by atoms with E-state index in [-0.39, 0.29) is 5.91 Å². The third-order valence-corrected chi connectivity index (χ3v) is 5.89. The highest BCUT2D eigenvalue weighted by molar-refractivity contribution is 6.99. The van der Waals surface area contributed by atoms with Gasteiger partial charge in [0, 0.05) is 37.4 Å². The van der Waals surface area contributed by atoms with Gasteiger partial charge in [-0.1, -0.05) is 0 Å². The molecule has 2 aromatic carbocycles. The number of rotatable bonds is 6. The number of carbonyl (C=O) groups excluding carboxylic acids is 1. The fraction of sp³-hybridized carbons (Fsp3) is 0.318. The Morgan fingerprint density at radius 1 is 0.967 bits per heavy atom. The molecule has 0 spiro atoms. The minimum absolute atomic E-state index is 0.0514. The van der Waals surface area contributed by atoms with Gasteiger partial charge < -0.3 is 19.3 Å². The number of nitrogens with zero attached hydrogens (tertiary/aromatic N) is 4. The molecule has 7 nitrogen and oxygen atoms in total. The minimum Gasteiger partial charge on any atom is -0.497 e. The maximum Gasteiger partial charge on any atom is 0.253 e. The summed E-state index contributed by atoms with van der Waals surface area (Å²) in [4.78, 5) is 17.1. The summed E-state index contributed by atoms with van der Waals surface area (Å²) in [5, 5.41) is 0. The molecule has 1 amide bonds. The predicted molar refractivity (Wildman–Crippen MR) is 117 cm³/mol. The first-order valence-corrected chi connectivity index (χ1v) is 10.6. The normalized spacial score (nSPS) is 13.9. The molecule has 0 aliphatic carbocycles. The van der Waals surface area contributed by atoms with Crippen LogP contribution in [-0.2, 0) is 6.61 Å². The Morgan fingerprint density at radius 2 is 1.63 bits per heavy atom. The second-order valence-electron chi connectivity index (χ2n) is 7.09. The van der Waals surface area contributed by atoms with Gasteiger partial charge in [-0.25, -0.2) is 0 Å². The molecule has 1 aliphatic rings. The van der Waals surface area contributed by atoms with E-state index in [1.807, 2.05) is 48.2 Å². The van der Waals surface area contributed by atoms with Gasteiger partial charge in [0.05, 0.1) is 24.5 Å². The van der Waals surface area contributed by atoms with Gasteiger partial charge in [0.2, 0.25) is 0 Å². The fourth-order valence-corrected chi connectivity index (χ4v) is 3.92. The molecule has 0 radical (unpaired) electrons. The van der Waals surface area contributed by atoms with Crippen LogP contribution in [0.5, 0.6) is 11.5 Å². The van der Waals surface area contributed by atoms with Gasteiger partial charge in [0.15, 0.2) is 0 Å². The van der Waals surface area contributed by atoms with Gasteiger partial charge in [0.25, 0.3) is 5.91 Å². The molecule has 1 aliphatic heterocycles. The van der Waals surface area contributed by atoms with Gasteiger partial charge in [-0.2, -0.15) is 8.75 Å². The van der Waals surface area contributed by atoms with Gasteiger partial charge in [-0.05, 0) is 55.5 Å². The molecule has 0 bridgehead atoms. The van der Waals surface area contributed by atoms with Crippen LogP contribution in [-0.4, -0.2) is 52.8 Å². The highest BCUT2D eigenvalue weighted by Gasteiger charge is 2.22. The average Bonchev–Trinajstić information content (AvgIpc) is 3.22. The first-order valence-electron chi connectivity index (χ1n) is 9.83. The Kier molecular flexibility index (Phi) is 6.13. The number of methoxy groups -OCH3 is 1. The van der Waals surface area contributed by atoms with Crippen molar-refractivity contribution in [2.24, 2.45) is 0 Å². The number of anilines is 1. The maximum absolute atomic E-state index is 12.9. The average molecular weight is 425 g/mol. The van der Waals surface area contributed by atoms with E-state index in [4.69, 9.17) is 9.47 Å². The quantitative estimate of drug-likeness (QED) is 0.604. The van der Waals surface area contributed by atoms with Crippen LogP contribution in [0.25, 0.3) is 0 Å². The van der Waals surface area contributed by atoms with Crippen molar-refractivity contribution >= 4 is 23.3 Å². The van der Waals surface area contributed by atoms with E-state index in [1.165, 1.54) is 11.7 Å². The van der Waals surface area contributed by atoms with Crippen molar-refractivity contribution in [3.05, 3.63) is 65.5 Å². The number of piperazine rings is 1. The number of ether oxygens (including phenoxy) is 2. The molecule has 0 saturated carbocycles. The SMILES string of the molecule is COc1ccc(N2CCN(C(=O)c3ccc(OCc4nsnc4C)cc3)CC2)cc1. The van der Waals surface area contributed by atoms with Crippen LogP contribution in [0.2, 0.25) is 0 Å². The molecule has 4 rings (SSSR count). The third kappa shape index (κ3) is 4.54. The Hall–Kier alpha value is -3.13. The first kappa shape index (κ1) is 20.2. The largest absolute Gasteiger partial charge is 0.497 e. The molecule has 1 saturated heterocycles. The van der Waals surface area contributed by atoms with Crippen molar-refractivity contribution in [2.45, 2.75) is 13.5 Å². The topological polar surface area (TPSA) is 67.8 Å². The molecule has 0 unspecified atom stereocenters. The van der Waals surface area contributed by atoms with Crippen LogP contribution in [0.1, 0.15) is 21.7 Å². The van der Waals surface area contributed by atoms with Crippen molar-refractivity contribution in [3.8, 4) is 11.5 Å². The number of benzene rings is 2. The molecule has 156 valence electrons. The minimum atomic E-state index is 0.0514. The summed E-state index contributed by atoms with van der Waals surface area (Å²) in [5.74, 6) is 1.61. The highest BCUT2D eigenvalue weighted by atomic mass is 32.1. The first-order chi connectivity index (χ1) is 14.6. The summed E-state index contributed by atoms with van der Waals surface area (Å²) in [6, 6.07) is 15.3. The number of hydrogen-bond donors (Lipinski definition) is 0. The molecule has 30 heavy (non-hydrogen) atoms. The van der Waals surface area contributed by atoms with Crippen LogP contribution in [0.15, 0.2) is 48.5 Å².